The van der Waals surface area contributed by atoms with Gasteiger partial charge in [0.25, 0.3) is 5.97 Å². The molecule has 0 spiro atoms. The van der Waals surface area contributed by atoms with Crippen LogP contribution in [0.5, 0.6) is 0 Å². The van der Waals surface area contributed by atoms with Gasteiger partial charge in [-0.25, -0.2) is 0 Å². The Hall–Kier alpha value is -0.437. The number of benzene rings is 1. The number of halogens is 1. The molecule has 0 aliphatic heterocycles. The normalized spacial score (nSPS) is 10.1. The third-order valence-electron chi connectivity index (χ3n) is 2.11. The zero-order valence-electron chi connectivity index (χ0n) is 12.1. The van der Waals surface area contributed by atoms with E-state index in [0.29, 0.717) is 5.92 Å². The fourth-order valence-corrected chi connectivity index (χ4v) is 0.951. The topological polar surface area (TPSA) is 61.1 Å². The van der Waals surface area contributed by atoms with E-state index in [9.17, 15) is 4.79 Å². The molecule has 19 heavy (non-hydrogen) atoms. The van der Waals surface area contributed by atoms with Crippen molar-refractivity contribution in [2.45, 2.75) is 39.7 Å². The van der Waals surface area contributed by atoms with Crippen molar-refractivity contribution in [1.82, 2.24) is 0 Å². The van der Waals surface area contributed by atoms with Gasteiger partial charge in [0, 0.05) is 0 Å². The molecule has 0 heterocycles. The van der Waals surface area contributed by atoms with Crippen LogP contribution in [-0.2, 0) is 22.1 Å². The first-order valence-electron chi connectivity index (χ1n) is 5.48. The number of rotatable bonds is 2. The van der Waals surface area contributed by atoms with Gasteiger partial charge in [0.1, 0.15) is 0 Å². The molecule has 1 unspecified atom stereocenters. The Morgan fingerprint density at radius 2 is 1.53 bits per heavy atom. The summed E-state index contributed by atoms with van der Waals surface area (Å²) >= 11 is 1.82. The SMILES string of the molecule is CC([NH-])C(=O)O.Cc1ccc(C(C)C)cc1.[CH3-].[Cl][Ru+2]. The first kappa shape index (κ1) is 23.6. The van der Waals surface area contributed by atoms with Gasteiger partial charge in [0.15, 0.2) is 0 Å². The molecule has 0 saturated carbocycles. The van der Waals surface area contributed by atoms with Crippen molar-refractivity contribution in [2.24, 2.45) is 0 Å². The van der Waals surface area contributed by atoms with Gasteiger partial charge in [-0.1, -0.05) is 50.6 Å². The van der Waals surface area contributed by atoms with Crippen LogP contribution < -0.4 is 0 Å². The van der Waals surface area contributed by atoms with Crippen LogP contribution in [0.4, 0.5) is 0 Å². The van der Waals surface area contributed by atoms with Gasteiger partial charge in [-0.05, 0) is 24.4 Å². The monoisotopic (exact) mass is 374 g/mol. The molecule has 0 aliphatic rings. The Balaban J connectivity index is -0.000000249. The van der Waals surface area contributed by atoms with Crippen LogP contribution in [-0.4, -0.2) is 17.1 Å². The summed E-state index contributed by atoms with van der Waals surface area (Å²) in [7, 11) is 4.57. The number of aliphatic carboxylic acids is 1. The molecule has 1 aromatic carbocycles. The fourth-order valence-electron chi connectivity index (χ4n) is 0.951. The molecule has 0 saturated heterocycles. The van der Waals surface area contributed by atoms with Crippen LogP contribution in [0.3, 0.4) is 0 Å². The van der Waals surface area contributed by atoms with E-state index in [1.807, 2.05) is 17.3 Å². The van der Waals surface area contributed by atoms with Gasteiger partial charge in [-0.2, -0.15) is 0 Å². The second kappa shape index (κ2) is 14.0. The van der Waals surface area contributed by atoms with Gasteiger partial charge in [0.05, 0.1) is 0 Å². The first-order valence-corrected chi connectivity index (χ1v) is 7.72. The van der Waals surface area contributed by atoms with Crippen molar-refractivity contribution in [2.75, 3.05) is 0 Å². The van der Waals surface area contributed by atoms with E-state index in [-0.39, 0.29) is 7.43 Å². The zero-order chi connectivity index (χ0) is 14.7. The Labute approximate surface area is 131 Å². The molecule has 0 bridgehead atoms. The van der Waals surface area contributed by atoms with E-state index >= 15 is 0 Å². The van der Waals surface area contributed by atoms with Gasteiger partial charge in [-0.15, -0.1) is 0 Å². The summed E-state index contributed by atoms with van der Waals surface area (Å²) in [5, 5.41) is 7.80. The van der Waals surface area contributed by atoms with Crippen molar-refractivity contribution in [3.63, 3.8) is 0 Å². The Kier molecular flexibility index (Phi) is 17.4. The van der Waals surface area contributed by atoms with E-state index in [0.717, 1.165) is 0 Å². The Morgan fingerprint density at radius 1 is 1.21 bits per heavy atom. The minimum atomic E-state index is -1.07. The molecule has 1 atom stereocenters. The Morgan fingerprint density at radius 3 is 1.74 bits per heavy atom. The summed E-state index contributed by atoms with van der Waals surface area (Å²) in [6.45, 7) is 7.85. The summed E-state index contributed by atoms with van der Waals surface area (Å²) in [5.41, 5.74) is 9.19. The molecule has 3 nitrogen and oxygen atoms in total. The third-order valence-corrected chi connectivity index (χ3v) is 2.11. The second-order valence-electron chi connectivity index (χ2n) is 4.13. The molecule has 2 N–H and O–H groups in total. The van der Waals surface area contributed by atoms with Gasteiger partial charge in [-0.3, -0.25) is 4.79 Å². The summed E-state index contributed by atoms with van der Waals surface area (Å²) < 4.78 is 0. The molecule has 0 aromatic heterocycles. The molecule has 1 aromatic rings. The van der Waals surface area contributed by atoms with Gasteiger partial charge >= 0.3 is 27.0 Å². The van der Waals surface area contributed by atoms with Gasteiger partial charge < -0.3 is 18.3 Å². The fraction of sp³-hybridized carbons (Fsp3) is 0.429. The van der Waals surface area contributed by atoms with Crippen LogP contribution in [0.2, 0.25) is 0 Å². The van der Waals surface area contributed by atoms with Crippen LogP contribution in [0.15, 0.2) is 24.3 Å². The number of aryl methyl sites for hydroxylation is 1. The maximum atomic E-state index is 9.51. The average molecular weight is 374 g/mol. The number of carboxylic acid groups (broad SMARTS) is 1. The van der Waals surface area contributed by atoms with Gasteiger partial charge in [0.2, 0.25) is 0 Å². The quantitative estimate of drug-likeness (QED) is 0.599. The molecular weight excluding hydrogens is 351 g/mol. The molecule has 0 amide bonds. The summed E-state index contributed by atoms with van der Waals surface area (Å²) in [4.78, 5) is 9.51. The summed E-state index contributed by atoms with van der Waals surface area (Å²) in [6, 6.07) is 7.73. The van der Waals surface area contributed by atoms with E-state index in [1.165, 1.54) is 18.1 Å². The molecule has 0 aliphatic carbocycles. The Bertz CT molecular complexity index is 327. The molecular formula is C14H23ClNO2Ru. The minimum absolute atomic E-state index is 0. The average Bonchev–Trinajstić information content (AvgIpc) is 2.32. The number of nitrogens with one attached hydrogen (secondary N) is 1. The van der Waals surface area contributed by atoms with E-state index in [1.54, 1.807) is 0 Å². The first-order chi connectivity index (χ1) is 8.34. The number of carboxylic acids is 1. The van der Waals surface area contributed by atoms with E-state index < -0.39 is 12.0 Å². The van der Waals surface area contributed by atoms with Crippen LogP contribution in [0.1, 0.15) is 37.8 Å². The van der Waals surface area contributed by atoms with Crippen molar-refractivity contribution in [3.8, 4) is 0 Å². The van der Waals surface area contributed by atoms with Crippen molar-refractivity contribution in [1.29, 1.82) is 0 Å². The molecule has 0 radical (unpaired) electrons. The second-order valence-corrected chi connectivity index (χ2v) is 4.13. The predicted octanol–water partition coefficient (Wildman–Crippen LogP) is 4.77. The maximum absolute atomic E-state index is 9.51. The molecule has 1 rings (SSSR count). The molecule has 5 heteroatoms. The van der Waals surface area contributed by atoms with Crippen molar-refractivity contribution < 1.29 is 27.2 Å². The number of carbonyl (C=O) groups is 1. The van der Waals surface area contributed by atoms with Crippen molar-refractivity contribution in [3.05, 3.63) is 48.6 Å². The van der Waals surface area contributed by atoms with Crippen LogP contribution in [0.25, 0.3) is 5.73 Å². The van der Waals surface area contributed by atoms with E-state index in [4.69, 9.17) is 10.8 Å². The number of hydrogen-bond acceptors (Lipinski definition) is 1. The zero-order valence-corrected chi connectivity index (χ0v) is 14.5. The molecule has 111 valence electrons. The van der Waals surface area contributed by atoms with Crippen LogP contribution >= 0.6 is 9.69 Å². The standard InChI is InChI=1S/C10H14.C3H6NO2.CH3.ClH.Ru/c1-8(2)10-6-4-9(3)5-7-10;1-2(4)3(5)6;;;/h4-8H,1-3H3;2,4H,1H3,(H,5,6);1H3;1H;/q;2*-1;;+3/p-1. The molecule has 0 fully saturated rings. The third kappa shape index (κ3) is 13.8. The summed E-state index contributed by atoms with van der Waals surface area (Å²) in [6.07, 6.45) is 0. The van der Waals surface area contributed by atoms with E-state index in [2.05, 4.69) is 54.7 Å². The van der Waals surface area contributed by atoms with Crippen LogP contribution in [0, 0.1) is 14.4 Å². The summed E-state index contributed by atoms with van der Waals surface area (Å²) in [5.74, 6) is -0.421. The predicted molar refractivity (Wildman–Crippen MR) is 79.0 cm³/mol. The number of hydrogen-bond donors (Lipinski definition) is 1. The van der Waals surface area contributed by atoms with Crippen molar-refractivity contribution >= 4 is 15.7 Å².